The van der Waals surface area contributed by atoms with Crippen molar-refractivity contribution in [3.63, 3.8) is 0 Å². The third-order valence-corrected chi connectivity index (χ3v) is 5.81. The summed E-state index contributed by atoms with van der Waals surface area (Å²) in [7, 11) is 0. The fourth-order valence-electron chi connectivity index (χ4n) is 3.28. The van der Waals surface area contributed by atoms with Crippen LogP contribution in [0.1, 0.15) is 37.6 Å². The molecular formula is C16H19N3O5S. The highest BCUT2D eigenvalue weighted by atomic mass is 32.1. The van der Waals surface area contributed by atoms with Crippen molar-refractivity contribution in [2.24, 2.45) is 5.41 Å². The SMILES string of the molecule is CCOC1CC(NC(=O)c2cnc3sccn3c2=O)(C(=O)O)C1(C)C. The van der Waals surface area contributed by atoms with E-state index in [0.717, 1.165) is 0 Å². The highest BCUT2D eigenvalue weighted by molar-refractivity contribution is 7.15. The van der Waals surface area contributed by atoms with E-state index in [1.165, 1.54) is 28.1 Å². The van der Waals surface area contributed by atoms with Crippen molar-refractivity contribution in [2.45, 2.75) is 38.8 Å². The van der Waals surface area contributed by atoms with Crippen molar-refractivity contribution in [1.82, 2.24) is 14.7 Å². The second kappa shape index (κ2) is 5.92. The number of nitrogens with zero attached hydrogens (tertiary/aromatic N) is 2. The normalized spacial score (nSPS) is 24.7. The number of hydrogen-bond donors (Lipinski definition) is 2. The van der Waals surface area contributed by atoms with E-state index in [-0.39, 0.29) is 18.1 Å². The van der Waals surface area contributed by atoms with Gasteiger partial charge in [-0.3, -0.25) is 14.0 Å². The number of aromatic nitrogens is 2. The minimum absolute atomic E-state index is 0.143. The number of fused-ring (bicyclic) bond motifs is 1. The zero-order chi connectivity index (χ0) is 18.4. The molecule has 2 aromatic heterocycles. The molecule has 134 valence electrons. The van der Waals surface area contributed by atoms with Gasteiger partial charge in [-0.2, -0.15) is 0 Å². The molecule has 1 aliphatic carbocycles. The number of hydrogen-bond acceptors (Lipinski definition) is 6. The summed E-state index contributed by atoms with van der Waals surface area (Å²) in [6, 6.07) is 0. The Morgan fingerprint density at radius 1 is 1.52 bits per heavy atom. The summed E-state index contributed by atoms with van der Waals surface area (Å²) >= 11 is 1.27. The Labute approximate surface area is 147 Å². The Kier molecular flexibility index (Phi) is 4.16. The summed E-state index contributed by atoms with van der Waals surface area (Å²) in [5.41, 5.74) is -3.03. The maximum Gasteiger partial charge on any atom is 0.330 e. The van der Waals surface area contributed by atoms with Crippen molar-refractivity contribution >= 4 is 28.2 Å². The Bertz CT molecular complexity index is 903. The van der Waals surface area contributed by atoms with E-state index in [2.05, 4.69) is 10.3 Å². The lowest BCUT2D eigenvalue weighted by Crippen LogP contribution is -2.76. The topological polar surface area (TPSA) is 110 Å². The first-order chi connectivity index (χ1) is 11.7. The van der Waals surface area contributed by atoms with Crippen LogP contribution in [-0.2, 0) is 9.53 Å². The van der Waals surface area contributed by atoms with Gasteiger partial charge < -0.3 is 15.2 Å². The molecular weight excluding hydrogens is 346 g/mol. The number of aliphatic carboxylic acids is 1. The predicted octanol–water partition coefficient (Wildman–Crippen LogP) is 1.14. The van der Waals surface area contributed by atoms with Gasteiger partial charge in [-0.05, 0) is 6.92 Å². The number of rotatable bonds is 5. The number of nitrogens with one attached hydrogen (secondary N) is 1. The van der Waals surface area contributed by atoms with Gasteiger partial charge in [0.1, 0.15) is 11.1 Å². The van der Waals surface area contributed by atoms with Crippen molar-refractivity contribution < 1.29 is 19.4 Å². The van der Waals surface area contributed by atoms with Gasteiger partial charge in [0, 0.05) is 36.2 Å². The number of thiazole rings is 1. The summed E-state index contributed by atoms with van der Waals surface area (Å²) < 4.78 is 6.83. The van der Waals surface area contributed by atoms with E-state index in [9.17, 15) is 19.5 Å². The van der Waals surface area contributed by atoms with Gasteiger partial charge in [0.25, 0.3) is 11.5 Å². The quantitative estimate of drug-likeness (QED) is 0.822. The highest BCUT2D eigenvalue weighted by Crippen LogP contribution is 2.51. The largest absolute Gasteiger partial charge is 0.479 e. The van der Waals surface area contributed by atoms with Gasteiger partial charge >= 0.3 is 5.97 Å². The minimum atomic E-state index is -1.50. The minimum Gasteiger partial charge on any atom is -0.479 e. The summed E-state index contributed by atoms with van der Waals surface area (Å²) in [4.78, 5) is 41.5. The Hall–Kier alpha value is -2.26. The lowest BCUT2D eigenvalue weighted by Gasteiger charge is -2.58. The standard InChI is InChI=1S/C16H19N3O5S/c1-4-24-10-7-16(13(22)23,15(10,2)3)18-11(20)9-8-17-14-19(12(9)21)5-6-25-14/h5-6,8,10H,4,7H2,1-3H3,(H,18,20)(H,22,23). The molecule has 2 N–H and O–H groups in total. The van der Waals surface area contributed by atoms with Gasteiger partial charge in [-0.15, -0.1) is 11.3 Å². The molecule has 8 nitrogen and oxygen atoms in total. The van der Waals surface area contributed by atoms with Crippen LogP contribution in [0.5, 0.6) is 0 Å². The van der Waals surface area contributed by atoms with Gasteiger partial charge in [-0.25, -0.2) is 9.78 Å². The van der Waals surface area contributed by atoms with E-state index in [1.54, 1.807) is 19.2 Å². The molecule has 0 saturated heterocycles. The summed E-state index contributed by atoms with van der Waals surface area (Å²) in [5, 5.41) is 14.0. The number of amides is 1. The summed E-state index contributed by atoms with van der Waals surface area (Å²) in [6.45, 7) is 5.76. The van der Waals surface area contributed by atoms with E-state index >= 15 is 0 Å². The molecule has 25 heavy (non-hydrogen) atoms. The number of ether oxygens (including phenoxy) is 1. The summed E-state index contributed by atoms with van der Waals surface area (Å²) in [6.07, 6.45) is 2.57. The van der Waals surface area contributed by atoms with E-state index in [1.807, 2.05) is 6.92 Å². The number of carbonyl (C=O) groups is 2. The Balaban J connectivity index is 1.93. The van der Waals surface area contributed by atoms with Crippen LogP contribution in [0.15, 0.2) is 22.6 Å². The smallest absolute Gasteiger partial charge is 0.330 e. The number of carboxylic acid groups (broad SMARTS) is 1. The van der Waals surface area contributed by atoms with Gasteiger partial charge in [0.05, 0.1) is 6.10 Å². The fourth-order valence-corrected chi connectivity index (χ4v) is 3.95. The molecule has 0 spiro atoms. The van der Waals surface area contributed by atoms with Crippen molar-refractivity contribution in [1.29, 1.82) is 0 Å². The third kappa shape index (κ3) is 2.46. The molecule has 1 fully saturated rings. The molecule has 0 aromatic carbocycles. The van der Waals surface area contributed by atoms with Crippen LogP contribution in [0.25, 0.3) is 4.96 Å². The average Bonchev–Trinajstić information content (AvgIpc) is 3.03. The molecule has 1 amide bonds. The van der Waals surface area contributed by atoms with Crippen molar-refractivity contribution in [3.05, 3.63) is 33.7 Å². The molecule has 0 aliphatic heterocycles. The maximum absolute atomic E-state index is 12.6. The summed E-state index contributed by atoms with van der Waals surface area (Å²) in [5.74, 6) is -1.89. The number of carbonyl (C=O) groups excluding carboxylic acids is 1. The maximum atomic E-state index is 12.6. The van der Waals surface area contributed by atoms with Crippen LogP contribution in [0, 0.1) is 5.41 Å². The van der Waals surface area contributed by atoms with Crippen LogP contribution in [0.2, 0.25) is 0 Å². The Morgan fingerprint density at radius 2 is 2.24 bits per heavy atom. The molecule has 0 radical (unpaired) electrons. The zero-order valence-corrected chi connectivity index (χ0v) is 14.9. The third-order valence-electron chi connectivity index (χ3n) is 5.04. The fraction of sp³-hybridized carbons (Fsp3) is 0.500. The molecule has 1 saturated carbocycles. The van der Waals surface area contributed by atoms with E-state index in [4.69, 9.17) is 4.74 Å². The number of carboxylic acids is 1. The van der Waals surface area contributed by atoms with Crippen LogP contribution in [-0.4, -0.2) is 44.6 Å². The molecule has 2 atom stereocenters. The highest BCUT2D eigenvalue weighted by Gasteiger charge is 2.66. The van der Waals surface area contributed by atoms with E-state index < -0.39 is 28.4 Å². The molecule has 2 heterocycles. The molecule has 2 aromatic rings. The second-order valence-corrected chi connectivity index (χ2v) is 7.44. The van der Waals surface area contributed by atoms with Crippen LogP contribution >= 0.6 is 11.3 Å². The first-order valence-electron chi connectivity index (χ1n) is 7.87. The van der Waals surface area contributed by atoms with E-state index in [0.29, 0.717) is 11.6 Å². The lowest BCUT2D eigenvalue weighted by atomic mass is 9.54. The van der Waals surface area contributed by atoms with Gasteiger partial charge in [-0.1, -0.05) is 13.8 Å². The first-order valence-corrected chi connectivity index (χ1v) is 8.75. The molecule has 9 heteroatoms. The van der Waals surface area contributed by atoms with Gasteiger partial charge in [0.2, 0.25) is 0 Å². The lowest BCUT2D eigenvalue weighted by molar-refractivity contribution is -0.190. The van der Waals surface area contributed by atoms with Crippen LogP contribution in [0.4, 0.5) is 0 Å². The molecule has 0 bridgehead atoms. The zero-order valence-electron chi connectivity index (χ0n) is 14.1. The Morgan fingerprint density at radius 3 is 2.84 bits per heavy atom. The van der Waals surface area contributed by atoms with Gasteiger partial charge in [0.15, 0.2) is 4.96 Å². The van der Waals surface area contributed by atoms with Crippen LogP contribution in [0.3, 0.4) is 0 Å². The first kappa shape index (κ1) is 17.6. The molecule has 3 rings (SSSR count). The van der Waals surface area contributed by atoms with Crippen molar-refractivity contribution in [2.75, 3.05) is 6.61 Å². The monoisotopic (exact) mass is 365 g/mol. The van der Waals surface area contributed by atoms with Crippen molar-refractivity contribution in [3.8, 4) is 0 Å². The second-order valence-electron chi connectivity index (χ2n) is 6.57. The predicted molar refractivity (Wildman–Crippen MR) is 91.0 cm³/mol. The molecule has 1 aliphatic rings. The molecule has 2 unspecified atom stereocenters. The average molecular weight is 365 g/mol. The van der Waals surface area contributed by atoms with Crippen LogP contribution < -0.4 is 10.9 Å².